The minimum Gasteiger partial charge on any atom is -0.497 e. The van der Waals surface area contributed by atoms with Crippen LogP contribution in [0, 0.1) is 6.92 Å². The molecule has 0 radical (unpaired) electrons. The van der Waals surface area contributed by atoms with E-state index in [2.05, 4.69) is 5.32 Å². The largest absolute Gasteiger partial charge is 0.497 e. The van der Waals surface area contributed by atoms with Crippen LogP contribution in [0.1, 0.15) is 23.1 Å². The summed E-state index contributed by atoms with van der Waals surface area (Å²) in [5.41, 5.74) is 3.87. The standard InChI is InChI=1S/C19H23NO3S/c1-14-16(13-24(3)22)5-4-6-18(14)20-19(21)12-9-15-7-10-17(23-2)11-8-15/h4-8,10-11H,9,12-13H2,1-3H3,(H,20,21)/t24-/m1/s1. The van der Waals surface area contributed by atoms with Gasteiger partial charge in [-0.1, -0.05) is 24.3 Å². The average Bonchev–Trinajstić information content (AvgIpc) is 2.56. The van der Waals surface area contributed by atoms with Crippen molar-refractivity contribution < 1.29 is 13.7 Å². The molecule has 128 valence electrons. The maximum atomic E-state index is 12.2. The Morgan fingerprint density at radius 1 is 1.17 bits per heavy atom. The summed E-state index contributed by atoms with van der Waals surface area (Å²) in [4.78, 5) is 12.2. The molecule has 2 rings (SSSR count). The van der Waals surface area contributed by atoms with Crippen LogP contribution in [0.15, 0.2) is 42.5 Å². The normalized spacial score (nSPS) is 11.8. The molecule has 0 saturated carbocycles. The van der Waals surface area contributed by atoms with Crippen LogP contribution >= 0.6 is 0 Å². The van der Waals surface area contributed by atoms with Crippen molar-refractivity contribution in [1.29, 1.82) is 0 Å². The van der Waals surface area contributed by atoms with Crippen molar-refractivity contribution in [2.45, 2.75) is 25.5 Å². The lowest BCUT2D eigenvalue weighted by Crippen LogP contribution is -2.14. The van der Waals surface area contributed by atoms with Gasteiger partial charge in [0, 0.05) is 34.9 Å². The van der Waals surface area contributed by atoms with Gasteiger partial charge in [-0.05, 0) is 48.2 Å². The van der Waals surface area contributed by atoms with Gasteiger partial charge in [-0.15, -0.1) is 0 Å². The highest BCUT2D eigenvalue weighted by Gasteiger charge is 2.09. The number of carbonyl (C=O) groups is 1. The predicted octanol–water partition coefficient (Wildman–Crippen LogP) is 3.45. The molecule has 5 heteroatoms. The van der Waals surface area contributed by atoms with Crippen molar-refractivity contribution in [3.8, 4) is 5.75 Å². The van der Waals surface area contributed by atoms with E-state index in [-0.39, 0.29) is 5.91 Å². The lowest BCUT2D eigenvalue weighted by atomic mass is 10.1. The number of amides is 1. The number of methoxy groups -OCH3 is 1. The van der Waals surface area contributed by atoms with E-state index < -0.39 is 10.8 Å². The average molecular weight is 345 g/mol. The van der Waals surface area contributed by atoms with Gasteiger partial charge in [0.15, 0.2) is 0 Å². The number of benzene rings is 2. The summed E-state index contributed by atoms with van der Waals surface area (Å²) in [7, 11) is 0.730. The molecule has 1 amide bonds. The second-order valence-corrected chi connectivity index (χ2v) is 7.14. The smallest absolute Gasteiger partial charge is 0.224 e. The fourth-order valence-corrected chi connectivity index (χ4v) is 3.21. The van der Waals surface area contributed by atoms with Gasteiger partial charge in [-0.25, -0.2) is 0 Å². The molecule has 1 atom stereocenters. The van der Waals surface area contributed by atoms with Crippen LogP contribution in [0.3, 0.4) is 0 Å². The highest BCUT2D eigenvalue weighted by atomic mass is 32.2. The third-order valence-corrected chi connectivity index (χ3v) is 4.60. The maximum absolute atomic E-state index is 12.2. The minimum absolute atomic E-state index is 0.0244. The Bertz CT molecular complexity index is 726. The van der Waals surface area contributed by atoms with Crippen LogP contribution in [0.5, 0.6) is 5.75 Å². The van der Waals surface area contributed by atoms with Crippen molar-refractivity contribution >= 4 is 22.4 Å². The van der Waals surface area contributed by atoms with E-state index in [0.29, 0.717) is 18.6 Å². The molecule has 0 spiro atoms. The molecular weight excluding hydrogens is 322 g/mol. The molecule has 0 aromatic heterocycles. The Morgan fingerprint density at radius 3 is 2.50 bits per heavy atom. The molecule has 0 fully saturated rings. The monoisotopic (exact) mass is 345 g/mol. The Labute approximate surface area is 145 Å². The fraction of sp³-hybridized carbons (Fsp3) is 0.316. The molecule has 2 aromatic rings. The van der Waals surface area contributed by atoms with Crippen molar-refractivity contribution in [2.24, 2.45) is 0 Å². The van der Waals surface area contributed by atoms with Crippen molar-refractivity contribution in [1.82, 2.24) is 0 Å². The molecule has 1 N–H and O–H groups in total. The number of hydrogen-bond donors (Lipinski definition) is 1. The zero-order valence-electron chi connectivity index (χ0n) is 14.3. The highest BCUT2D eigenvalue weighted by molar-refractivity contribution is 7.83. The first kappa shape index (κ1) is 18.2. The molecule has 0 aliphatic heterocycles. The van der Waals surface area contributed by atoms with E-state index in [4.69, 9.17) is 4.74 Å². The Balaban J connectivity index is 1.95. The SMILES string of the molecule is COc1ccc(CCC(=O)Nc2cccc(C[S@@](C)=O)c2C)cc1. The summed E-state index contributed by atoms with van der Waals surface area (Å²) in [6.45, 7) is 1.95. The zero-order valence-corrected chi connectivity index (χ0v) is 15.1. The molecule has 2 aromatic carbocycles. The topological polar surface area (TPSA) is 55.4 Å². The molecule has 0 aliphatic rings. The van der Waals surface area contributed by atoms with E-state index in [9.17, 15) is 9.00 Å². The Kier molecular flexibility index (Phi) is 6.55. The molecule has 0 bridgehead atoms. The summed E-state index contributed by atoms with van der Waals surface area (Å²) in [5.74, 6) is 1.29. The molecule has 0 unspecified atom stereocenters. The lowest BCUT2D eigenvalue weighted by Gasteiger charge is -2.12. The number of aryl methyl sites for hydroxylation is 1. The molecule has 0 saturated heterocycles. The van der Waals surface area contributed by atoms with Gasteiger partial charge in [-0.3, -0.25) is 9.00 Å². The second-order valence-electron chi connectivity index (χ2n) is 5.70. The van der Waals surface area contributed by atoms with E-state index in [1.54, 1.807) is 13.4 Å². The zero-order chi connectivity index (χ0) is 17.5. The van der Waals surface area contributed by atoms with Gasteiger partial charge in [0.05, 0.1) is 7.11 Å². The summed E-state index contributed by atoms with van der Waals surface area (Å²) in [6.07, 6.45) is 2.77. The number of ether oxygens (including phenoxy) is 1. The summed E-state index contributed by atoms with van der Waals surface area (Å²) >= 11 is 0. The van der Waals surface area contributed by atoms with Crippen molar-refractivity contribution in [3.63, 3.8) is 0 Å². The summed E-state index contributed by atoms with van der Waals surface area (Å²) < 4.78 is 16.5. The van der Waals surface area contributed by atoms with Gasteiger partial charge < -0.3 is 10.1 Å². The first-order chi connectivity index (χ1) is 11.5. The number of carbonyl (C=O) groups excluding carboxylic acids is 1. The predicted molar refractivity (Wildman–Crippen MR) is 98.9 cm³/mol. The third-order valence-electron chi connectivity index (χ3n) is 3.88. The highest BCUT2D eigenvalue weighted by Crippen LogP contribution is 2.20. The van der Waals surface area contributed by atoms with Gasteiger partial charge in [-0.2, -0.15) is 0 Å². The Hall–Kier alpha value is -2.14. The van der Waals surface area contributed by atoms with Gasteiger partial charge in [0.2, 0.25) is 5.91 Å². The molecule has 24 heavy (non-hydrogen) atoms. The molecule has 0 heterocycles. The number of hydrogen-bond acceptors (Lipinski definition) is 3. The van der Waals surface area contributed by atoms with Crippen LogP contribution in [0.25, 0.3) is 0 Å². The first-order valence-electron chi connectivity index (χ1n) is 7.81. The molecule has 4 nitrogen and oxygen atoms in total. The van der Waals surface area contributed by atoms with Crippen LogP contribution in [0.2, 0.25) is 0 Å². The first-order valence-corrected chi connectivity index (χ1v) is 9.53. The van der Waals surface area contributed by atoms with Gasteiger partial charge in [0.1, 0.15) is 5.75 Å². The number of anilines is 1. The van der Waals surface area contributed by atoms with E-state index in [1.165, 1.54) is 0 Å². The second kappa shape index (κ2) is 8.64. The summed E-state index contributed by atoms with van der Waals surface area (Å²) in [6, 6.07) is 13.4. The van der Waals surface area contributed by atoms with E-state index in [1.807, 2.05) is 49.4 Å². The minimum atomic E-state index is -0.902. The lowest BCUT2D eigenvalue weighted by molar-refractivity contribution is -0.116. The number of nitrogens with one attached hydrogen (secondary N) is 1. The van der Waals surface area contributed by atoms with Crippen LogP contribution < -0.4 is 10.1 Å². The van der Waals surface area contributed by atoms with Crippen LogP contribution in [-0.4, -0.2) is 23.5 Å². The number of rotatable bonds is 7. The van der Waals surface area contributed by atoms with E-state index >= 15 is 0 Å². The van der Waals surface area contributed by atoms with Gasteiger partial charge >= 0.3 is 0 Å². The Morgan fingerprint density at radius 2 is 1.88 bits per heavy atom. The van der Waals surface area contributed by atoms with Crippen LogP contribution in [0.4, 0.5) is 5.69 Å². The third kappa shape index (κ3) is 5.20. The van der Waals surface area contributed by atoms with E-state index in [0.717, 1.165) is 28.1 Å². The quantitative estimate of drug-likeness (QED) is 0.836. The molecule has 0 aliphatic carbocycles. The molecular formula is C19H23NO3S. The summed E-state index contributed by atoms with van der Waals surface area (Å²) in [5, 5.41) is 2.95. The maximum Gasteiger partial charge on any atom is 0.224 e. The van der Waals surface area contributed by atoms with Crippen LogP contribution in [-0.2, 0) is 27.8 Å². The fourth-order valence-electron chi connectivity index (χ4n) is 2.46. The van der Waals surface area contributed by atoms with Crippen molar-refractivity contribution in [2.75, 3.05) is 18.7 Å². The van der Waals surface area contributed by atoms with Crippen molar-refractivity contribution in [3.05, 3.63) is 59.2 Å². The van der Waals surface area contributed by atoms with Gasteiger partial charge in [0.25, 0.3) is 0 Å².